The van der Waals surface area contributed by atoms with E-state index in [0.29, 0.717) is 51.9 Å². The molecule has 0 unspecified atom stereocenters. The van der Waals surface area contributed by atoms with Crippen molar-refractivity contribution in [2.75, 3.05) is 28.1 Å². The highest BCUT2D eigenvalue weighted by Crippen LogP contribution is 2.56. The van der Waals surface area contributed by atoms with Gasteiger partial charge in [-0.05, 0) is 61.8 Å². The second-order valence-electron chi connectivity index (χ2n) is 8.88. The summed E-state index contributed by atoms with van der Waals surface area (Å²) < 4.78 is 34.8. The summed E-state index contributed by atoms with van der Waals surface area (Å²) in [6, 6.07) is 3.98. The molecule has 2 atom stereocenters. The van der Waals surface area contributed by atoms with Crippen LogP contribution in [0.5, 0.6) is 34.5 Å². The topological polar surface area (TPSA) is 72.5 Å². The lowest BCUT2D eigenvalue weighted by molar-refractivity contribution is -0.130. The lowest BCUT2D eigenvalue weighted by atomic mass is 9.77. The van der Waals surface area contributed by atoms with Gasteiger partial charge in [-0.2, -0.15) is 0 Å². The Kier molecular flexibility index (Phi) is 6.64. The Balaban J connectivity index is 2.11. The van der Waals surface area contributed by atoms with Crippen molar-refractivity contribution >= 4 is 5.97 Å². The van der Waals surface area contributed by atoms with Crippen molar-refractivity contribution in [2.45, 2.75) is 40.5 Å². The van der Waals surface area contributed by atoms with E-state index in [0.717, 1.165) is 35.1 Å². The number of methoxy groups -OCH3 is 3. The highest BCUT2D eigenvalue weighted by atomic mass is 16.7. The predicted octanol–water partition coefficient (Wildman–Crippen LogP) is 5.35. The first-order valence-corrected chi connectivity index (χ1v) is 11.5. The Morgan fingerprint density at radius 3 is 2.12 bits per heavy atom. The zero-order valence-electron chi connectivity index (χ0n) is 20.9. The lowest BCUT2D eigenvalue weighted by Gasteiger charge is -2.30. The number of fused-ring (bicyclic) bond motifs is 4. The summed E-state index contributed by atoms with van der Waals surface area (Å²) in [5, 5.41) is 0. The van der Waals surface area contributed by atoms with E-state index in [2.05, 4.69) is 13.8 Å². The zero-order chi connectivity index (χ0) is 24.6. The van der Waals surface area contributed by atoms with E-state index >= 15 is 0 Å². The number of ether oxygens (including phenoxy) is 6. The molecule has 2 aliphatic rings. The summed E-state index contributed by atoms with van der Waals surface area (Å²) in [5.41, 5.74) is 4.08. The third kappa shape index (κ3) is 3.93. The number of allylic oxidation sites excluding steroid dienone is 1. The fourth-order valence-electron chi connectivity index (χ4n) is 4.62. The van der Waals surface area contributed by atoms with Gasteiger partial charge in [0.05, 0.1) is 21.3 Å². The molecule has 0 bridgehead atoms. The van der Waals surface area contributed by atoms with Crippen molar-refractivity contribution in [3.63, 3.8) is 0 Å². The highest BCUT2D eigenvalue weighted by molar-refractivity contribution is 5.94. The van der Waals surface area contributed by atoms with Crippen LogP contribution in [0.2, 0.25) is 0 Å². The number of benzene rings is 2. The molecule has 2 aromatic rings. The maximum absolute atomic E-state index is 13.0. The minimum atomic E-state index is -0.457. The zero-order valence-corrected chi connectivity index (χ0v) is 20.9. The first-order valence-electron chi connectivity index (χ1n) is 11.5. The monoisotopic (exact) mass is 468 g/mol. The Hall–Kier alpha value is -3.35. The van der Waals surface area contributed by atoms with Crippen molar-refractivity contribution in [2.24, 2.45) is 11.8 Å². The normalized spacial score (nSPS) is 18.9. The summed E-state index contributed by atoms with van der Waals surface area (Å²) in [6.07, 6.45) is 3.29. The molecule has 182 valence electrons. The number of hydrogen-bond donors (Lipinski definition) is 0. The molecular weight excluding hydrogens is 436 g/mol. The fraction of sp³-hybridized carbons (Fsp3) is 0.444. The molecule has 7 nitrogen and oxygen atoms in total. The van der Waals surface area contributed by atoms with E-state index in [9.17, 15) is 4.79 Å². The molecule has 2 aromatic carbocycles. The number of esters is 1. The number of hydrogen-bond acceptors (Lipinski definition) is 7. The summed E-state index contributed by atoms with van der Waals surface area (Å²) in [5.74, 6) is 3.22. The molecule has 0 radical (unpaired) electrons. The van der Waals surface area contributed by atoms with Crippen molar-refractivity contribution in [3.05, 3.63) is 34.9 Å². The SMILES string of the molecule is C/C=C(/C)C(=O)Oc1c(OC)c(OC)cc2c1-c1c(cc3c(c1OC)OCO3)C[C@@H](C)[C@@H](C)C2. The number of carbonyl (C=O) groups excluding carboxylic acids is 1. The molecule has 0 N–H and O–H groups in total. The van der Waals surface area contributed by atoms with Gasteiger partial charge in [-0.25, -0.2) is 4.79 Å². The molecule has 1 heterocycles. The van der Waals surface area contributed by atoms with E-state index in [4.69, 9.17) is 28.4 Å². The van der Waals surface area contributed by atoms with Crippen molar-refractivity contribution in [1.29, 1.82) is 0 Å². The van der Waals surface area contributed by atoms with Crippen LogP contribution in [-0.4, -0.2) is 34.1 Å². The van der Waals surface area contributed by atoms with Crippen LogP contribution in [0.25, 0.3) is 11.1 Å². The van der Waals surface area contributed by atoms with Crippen molar-refractivity contribution in [3.8, 4) is 45.6 Å². The predicted molar refractivity (Wildman–Crippen MR) is 128 cm³/mol. The average Bonchev–Trinajstić information content (AvgIpc) is 3.30. The Morgan fingerprint density at radius 2 is 1.53 bits per heavy atom. The molecule has 0 saturated carbocycles. The molecule has 0 fully saturated rings. The summed E-state index contributed by atoms with van der Waals surface area (Å²) >= 11 is 0. The van der Waals surface area contributed by atoms with Crippen LogP contribution in [-0.2, 0) is 17.6 Å². The fourth-order valence-corrected chi connectivity index (χ4v) is 4.62. The van der Waals surface area contributed by atoms with Crippen LogP contribution in [0.3, 0.4) is 0 Å². The Bertz CT molecular complexity index is 1150. The third-order valence-electron chi connectivity index (χ3n) is 6.87. The van der Waals surface area contributed by atoms with Gasteiger partial charge in [-0.3, -0.25) is 0 Å². The molecule has 0 spiro atoms. The number of carbonyl (C=O) groups is 1. The second-order valence-corrected chi connectivity index (χ2v) is 8.88. The summed E-state index contributed by atoms with van der Waals surface area (Å²) in [7, 11) is 4.72. The van der Waals surface area contributed by atoms with Gasteiger partial charge in [0.25, 0.3) is 0 Å². The van der Waals surface area contributed by atoms with Gasteiger partial charge < -0.3 is 28.4 Å². The first-order chi connectivity index (χ1) is 16.3. The maximum Gasteiger partial charge on any atom is 0.338 e. The first kappa shape index (κ1) is 23.8. The van der Waals surface area contributed by atoms with Crippen LogP contribution < -0.4 is 28.4 Å². The van der Waals surface area contributed by atoms with Crippen LogP contribution in [0, 0.1) is 11.8 Å². The van der Waals surface area contributed by atoms with E-state index in [-0.39, 0.29) is 6.79 Å². The van der Waals surface area contributed by atoms with Crippen LogP contribution >= 0.6 is 0 Å². The highest BCUT2D eigenvalue weighted by Gasteiger charge is 2.35. The molecule has 0 amide bonds. The van der Waals surface area contributed by atoms with Crippen molar-refractivity contribution in [1.82, 2.24) is 0 Å². The Morgan fingerprint density at radius 1 is 0.912 bits per heavy atom. The van der Waals surface area contributed by atoms with Gasteiger partial charge in [0, 0.05) is 16.7 Å². The van der Waals surface area contributed by atoms with Crippen LogP contribution in [0.1, 0.15) is 38.8 Å². The molecule has 1 aliphatic heterocycles. The van der Waals surface area contributed by atoms with Gasteiger partial charge in [-0.15, -0.1) is 0 Å². The largest absolute Gasteiger partial charge is 0.493 e. The minimum Gasteiger partial charge on any atom is -0.493 e. The average molecular weight is 469 g/mol. The molecule has 7 heteroatoms. The number of rotatable bonds is 5. The van der Waals surface area contributed by atoms with Gasteiger partial charge in [0.2, 0.25) is 18.3 Å². The third-order valence-corrected chi connectivity index (χ3v) is 6.87. The minimum absolute atomic E-state index is 0.127. The molecular formula is C27H32O7. The molecule has 0 saturated heterocycles. The molecule has 1 aliphatic carbocycles. The molecule has 34 heavy (non-hydrogen) atoms. The van der Waals surface area contributed by atoms with Crippen LogP contribution in [0.4, 0.5) is 0 Å². The van der Waals surface area contributed by atoms with E-state index < -0.39 is 5.97 Å². The van der Waals surface area contributed by atoms with E-state index in [1.54, 1.807) is 34.1 Å². The Labute approximate surface area is 200 Å². The van der Waals surface area contributed by atoms with Gasteiger partial charge in [0.1, 0.15) is 0 Å². The lowest BCUT2D eigenvalue weighted by Crippen LogP contribution is -2.19. The van der Waals surface area contributed by atoms with E-state index in [1.165, 1.54) is 7.11 Å². The summed E-state index contributed by atoms with van der Waals surface area (Å²) in [4.78, 5) is 13.0. The summed E-state index contributed by atoms with van der Waals surface area (Å²) in [6.45, 7) is 8.12. The van der Waals surface area contributed by atoms with E-state index in [1.807, 2.05) is 12.1 Å². The van der Waals surface area contributed by atoms with Gasteiger partial charge >= 0.3 is 5.97 Å². The van der Waals surface area contributed by atoms with Gasteiger partial charge in [0.15, 0.2) is 23.0 Å². The van der Waals surface area contributed by atoms with Crippen LogP contribution in [0.15, 0.2) is 23.8 Å². The van der Waals surface area contributed by atoms with Crippen molar-refractivity contribution < 1.29 is 33.2 Å². The quantitative estimate of drug-likeness (QED) is 0.333. The second kappa shape index (κ2) is 9.49. The smallest absolute Gasteiger partial charge is 0.338 e. The molecule has 0 aromatic heterocycles. The maximum atomic E-state index is 13.0. The molecule has 4 rings (SSSR count). The standard InChI is InChI=1S/C27H32O7/c1-8-14(2)27(28)34-26-22-17(11-19(29-5)23(26)30-6)9-15(3)16(4)10-18-12-20-24(33-13-32-20)25(31-7)21(18)22/h8,11-12,15-16H,9-10,13H2,1-7H3/b14-8-/t15-,16+/m0/s1. The van der Waals surface area contributed by atoms with Gasteiger partial charge in [-0.1, -0.05) is 19.9 Å².